The molecule has 2 aromatic rings. The first-order chi connectivity index (χ1) is 12.1. The smallest absolute Gasteiger partial charge is 0.331 e. The molecule has 0 amide bonds. The van der Waals surface area contributed by atoms with Gasteiger partial charge >= 0.3 is 5.97 Å². The van der Waals surface area contributed by atoms with Crippen LogP contribution in [0.4, 0.5) is 0 Å². The van der Waals surface area contributed by atoms with Crippen molar-refractivity contribution in [3.8, 4) is 11.5 Å². The van der Waals surface area contributed by atoms with Gasteiger partial charge in [0.2, 0.25) is 0 Å². The van der Waals surface area contributed by atoms with Crippen LogP contribution in [0.15, 0.2) is 23.6 Å². The number of carbonyl (C=O) groups is 1. The zero-order valence-electron chi connectivity index (χ0n) is 14.4. The van der Waals surface area contributed by atoms with E-state index in [9.17, 15) is 4.79 Å². The average molecular weight is 382 g/mol. The molecule has 1 heterocycles. The van der Waals surface area contributed by atoms with Gasteiger partial charge in [-0.05, 0) is 36.6 Å². The first kappa shape index (κ1) is 19.3. The summed E-state index contributed by atoms with van der Waals surface area (Å²) in [6.45, 7) is 2.27. The van der Waals surface area contributed by atoms with E-state index in [1.54, 1.807) is 29.5 Å². The molecule has 1 aromatic carbocycles. The predicted octanol–water partition coefficient (Wildman–Crippen LogP) is 4.52. The minimum absolute atomic E-state index is 0.163. The summed E-state index contributed by atoms with van der Waals surface area (Å²) >= 11 is 7.72. The van der Waals surface area contributed by atoms with Crippen LogP contribution >= 0.6 is 22.9 Å². The Morgan fingerprint density at radius 2 is 2.12 bits per heavy atom. The van der Waals surface area contributed by atoms with Gasteiger partial charge in [0.25, 0.3) is 0 Å². The number of aromatic nitrogens is 1. The van der Waals surface area contributed by atoms with Crippen LogP contribution in [0.2, 0.25) is 5.02 Å². The van der Waals surface area contributed by atoms with Crippen LogP contribution in [0.25, 0.3) is 6.08 Å². The molecule has 0 radical (unpaired) electrons. The van der Waals surface area contributed by atoms with Crippen molar-refractivity contribution in [3.05, 3.63) is 44.9 Å². The molecule has 25 heavy (non-hydrogen) atoms. The van der Waals surface area contributed by atoms with E-state index in [2.05, 4.69) is 11.9 Å². The number of methoxy groups -OCH3 is 2. The number of thiazole rings is 1. The molecule has 1 aromatic heterocycles. The maximum Gasteiger partial charge on any atom is 0.331 e. The fraction of sp³-hybridized carbons (Fsp3) is 0.333. The maximum absolute atomic E-state index is 11.9. The second-order valence-electron chi connectivity index (χ2n) is 5.16. The standard InChI is InChI=1S/C18H20ClNO4S/c1-4-5-16-20-13(11-25-16)10-24-17(21)7-6-12-8-14(19)18(23-3)15(9-12)22-2/h6-9,11H,4-5,10H2,1-3H3/b7-6+. The number of benzene rings is 1. The number of hydrogen-bond acceptors (Lipinski definition) is 6. The summed E-state index contributed by atoms with van der Waals surface area (Å²) in [7, 11) is 3.04. The number of carbonyl (C=O) groups excluding carboxylic acids is 1. The van der Waals surface area contributed by atoms with Gasteiger partial charge in [0.15, 0.2) is 11.5 Å². The fourth-order valence-corrected chi connectivity index (χ4v) is 3.32. The van der Waals surface area contributed by atoms with Crippen molar-refractivity contribution >= 4 is 35.0 Å². The summed E-state index contributed by atoms with van der Waals surface area (Å²) in [4.78, 5) is 16.3. The minimum Gasteiger partial charge on any atom is -0.493 e. The highest BCUT2D eigenvalue weighted by atomic mass is 35.5. The van der Waals surface area contributed by atoms with Gasteiger partial charge in [-0.1, -0.05) is 18.5 Å². The Hall–Kier alpha value is -2.05. The lowest BCUT2D eigenvalue weighted by molar-refractivity contribution is -0.139. The van der Waals surface area contributed by atoms with Crippen LogP contribution in [-0.2, 0) is 22.6 Å². The molecule has 0 spiro atoms. The van der Waals surface area contributed by atoms with Crippen molar-refractivity contribution in [2.75, 3.05) is 14.2 Å². The monoisotopic (exact) mass is 381 g/mol. The topological polar surface area (TPSA) is 57.7 Å². The van der Waals surface area contributed by atoms with Crippen LogP contribution < -0.4 is 9.47 Å². The van der Waals surface area contributed by atoms with Crippen LogP contribution in [0.3, 0.4) is 0 Å². The second-order valence-corrected chi connectivity index (χ2v) is 6.51. The van der Waals surface area contributed by atoms with E-state index in [4.69, 9.17) is 25.8 Å². The van der Waals surface area contributed by atoms with Gasteiger partial charge < -0.3 is 14.2 Å². The van der Waals surface area contributed by atoms with Crippen LogP contribution in [-0.4, -0.2) is 25.2 Å². The lowest BCUT2D eigenvalue weighted by atomic mass is 10.2. The van der Waals surface area contributed by atoms with Gasteiger partial charge in [0.05, 0.1) is 29.9 Å². The van der Waals surface area contributed by atoms with Gasteiger partial charge in [-0.15, -0.1) is 11.3 Å². The Balaban J connectivity index is 1.96. The third kappa shape index (κ3) is 5.47. The molecule has 0 aliphatic heterocycles. The highest BCUT2D eigenvalue weighted by Crippen LogP contribution is 2.36. The molecular formula is C18H20ClNO4S. The maximum atomic E-state index is 11.9. The second kappa shape index (κ2) is 9.44. The van der Waals surface area contributed by atoms with Gasteiger partial charge in [0.1, 0.15) is 6.61 Å². The predicted molar refractivity (Wildman–Crippen MR) is 99.5 cm³/mol. The largest absolute Gasteiger partial charge is 0.493 e. The van der Waals surface area contributed by atoms with Crippen molar-refractivity contribution < 1.29 is 19.0 Å². The first-order valence-electron chi connectivity index (χ1n) is 7.77. The van der Waals surface area contributed by atoms with E-state index in [1.807, 2.05) is 5.38 Å². The Morgan fingerprint density at radius 1 is 1.32 bits per heavy atom. The van der Waals surface area contributed by atoms with Gasteiger partial charge in [-0.2, -0.15) is 0 Å². The Morgan fingerprint density at radius 3 is 2.80 bits per heavy atom. The number of esters is 1. The average Bonchev–Trinajstić information content (AvgIpc) is 3.05. The summed E-state index contributed by atoms with van der Waals surface area (Å²) in [6, 6.07) is 3.41. The molecule has 0 N–H and O–H groups in total. The Kier molecular flexibility index (Phi) is 7.28. The minimum atomic E-state index is -0.448. The van der Waals surface area contributed by atoms with Crippen molar-refractivity contribution in [2.24, 2.45) is 0 Å². The normalized spacial score (nSPS) is 10.9. The van der Waals surface area contributed by atoms with Crippen LogP contribution in [0, 0.1) is 0 Å². The molecule has 5 nitrogen and oxygen atoms in total. The van der Waals surface area contributed by atoms with E-state index in [0.717, 1.165) is 23.5 Å². The molecule has 0 aliphatic rings. The van der Waals surface area contributed by atoms with E-state index in [0.29, 0.717) is 22.1 Å². The van der Waals surface area contributed by atoms with E-state index in [1.165, 1.54) is 20.3 Å². The number of ether oxygens (including phenoxy) is 3. The number of nitrogens with zero attached hydrogens (tertiary/aromatic N) is 1. The molecule has 0 fully saturated rings. The molecule has 2 rings (SSSR count). The number of halogens is 1. The van der Waals surface area contributed by atoms with Crippen molar-refractivity contribution in [1.29, 1.82) is 0 Å². The fourth-order valence-electron chi connectivity index (χ4n) is 2.14. The van der Waals surface area contributed by atoms with Crippen LogP contribution in [0.5, 0.6) is 11.5 Å². The molecule has 7 heteroatoms. The van der Waals surface area contributed by atoms with Gasteiger partial charge in [0, 0.05) is 11.5 Å². The zero-order chi connectivity index (χ0) is 18.2. The third-order valence-corrected chi connectivity index (χ3v) is 4.53. The summed E-state index contributed by atoms with van der Waals surface area (Å²) in [5, 5.41) is 3.38. The number of rotatable bonds is 8. The third-order valence-electron chi connectivity index (χ3n) is 3.29. The van der Waals surface area contributed by atoms with E-state index < -0.39 is 5.97 Å². The summed E-state index contributed by atoms with van der Waals surface area (Å²) < 4.78 is 15.6. The molecule has 0 aliphatic carbocycles. The quantitative estimate of drug-likeness (QED) is 0.497. The highest BCUT2D eigenvalue weighted by molar-refractivity contribution is 7.09. The highest BCUT2D eigenvalue weighted by Gasteiger charge is 2.10. The van der Waals surface area contributed by atoms with Gasteiger partial charge in [-0.25, -0.2) is 9.78 Å². The lowest BCUT2D eigenvalue weighted by Gasteiger charge is -2.10. The van der Waals surface area contributed by atoms with Gasteiger partial charge in [-0.3, -0.25) is 0 Å². The van der Waals surface area contributed by atoms with Crippen molar-refractivity contribution in [2.45, 2.75) is 26.4 Å². The van der Waals surface area contributed by atoms with Crippen LogP contribution in [0.1, 0.15) is 29.6 Å². The summed E-state index contributed by atoms with van der Waals surface area (Å²) in [5.74, 6) is 0.500. The molecule has 0 saturated heterocycles. The lowest BCUT2D eigenvalue weighted by Crippen LogP contribution is -2.01. The zero-order valence-corrected chi connectivity index (χ0v) is 15.9. The number of hydrogen-bond donors (Lipinski definition) is 0. The SMILES string of the molecule is CCCc1nc(COC(=O)/C=C/c2cc(Cl)c(OC)c(OC)c2)cs1. The molecular weight excluding hydrogens is 362 g/mol. The molecule has 0 saturated carbocycles. The van der Waals surface area contributed by atoms with Crippen molar-refractivity contribution in [3.63, 3.8) is 0 Å². The Bertz CT molecular complexity index is 758. The number of aryl methyl sites for hydroxylation is 1. The molecule has 0 bridgehead atoms. The Labute approximate surface area is 156 Å². The first-order valence-corrected chi connectivity index (χ1v) is 9.02. The van der Waals surface area contributed by atoms with E-state index >= 15 is 0 Å². The molecule has 134 valence electrons. The van der Waals surface area contributed by atoms with Crippen molar-refractivity contribution in [1.82, 2.24) is 4.98 Å². The summed E-state index contributed by atoms with van der Waals surface area (Å²) in [5.41, 5.74) is 1.47. The molecule has 0 unspecified atom stereocenters. The molecule has 0 atom stereocenters. The van der Waals surface area contributed by atoms with E-state index in [-0.39, 0.29) is 6.61 Å². The summed E-state index contributed by atoms with van der Waals surface area (Å²) in [6.07, 6.45) is 4.94.